The lowest BCUT2D eigenvalue weighted by Gasteiger charge is -2.39. The molecule has 5 nitrogen and oxygen atoms in total. The molecule has 0 atom stereocenters. The van der Waals surface area contributed by atoms with Gasteiger partial charge in [-0.15, -0.1) is 0 Å². The van der Waals surface area contributed by atoms with Crippen LogP contribution in [-0.2, 0) is 7.05 Å². The third kappa shape index (κ3) is 3.47. The zero-order valence-electron chi connectivity index (χ0n) is 14.9. The topological polar surface area (TPSA) is 41.4 Å². The van der Waals surface area contributed by atoms with Gasteiger partial charge >= 0.3 is 0 Å². The third-order valence-electron chi connectivity index (χ3n) is 5.64. The number of aromatic nitrogens is 2. The summed E-state index contributed by atoms with van der Waals surface area (Å²) in [6.07, 6.45) is 5.60. The average Bonchev–Trinajstić information content (AvgIpc) is 3.19. The Morgan fingerprint density at radius 3 is 2.24 bits per heavy atom. The predicted molar refractivity (Wildman–Crippen MR) is 101 cm³/mol. The normalized spacial score (nSPS) is 19.5. The van der Waals surface area contributed by atoms with Crippen LogP contribution in [0.1, 0.15) is 25.7 Å². The van der Waals surface area contributed by atoms with E-state index >= 15 is 0 Å². The van der Waals surface area contributed by atoms with Crippen LogP contribution < -0.4 is 10.5 Å². The van der Waals surface area contributed by atoms with Crippen LogP contribution in [0, 0.1) is 0 Å². The molecular formula is C20H26N4O. The van der Waals surface area contributed by atoms with Gasteiger partial charge in [-0.1, -0.05) is 25.0 Å². The summed E-state index contributed by atoms with van der Waals surface area (Å²) in [7, 11) is 1.68. The Hall–Kier alpha value is -2.14. The van der Waals surface area contributed by atoms with Gasteiger partial charge in [-0.05, 0) is 31.0 Å². The van der Waals surface area contributed by atoms with Crippen LogP contribution in [0.2, 0.25) is 0 Å². The molecule has 132 valence electrons. The summed E-state index contributed by atoms with van der Waals surface area (Å²) in [5.74, 6) is 0. The highest BCUT2D eigenvalue weighted by atomic mass is 16.1. The number of hydrogen-bond acceptors (Lipinski definition) is 4. The minimum Gasteiger partial charge on any atom is -0.369 e. The van der Waals surface area contributed by atoms with Crippen LogP contribution in [0.25, 0.3) is 11.3 Å². The van der Waals surface area contributed by atoms with E-state index in [1.165, 1.54) is 49.1 Å². The van der Waals surface area contributed by atoms with Crippen molar-refractivity contribution in [2.75, 3.05) is 31.1 Å². The van der Waals surface area contributed by atoms with Gasteiger partial charge in [0.1, 0.15) is 0 Å². The molecule has 2 fully saturated rings. The maximum absolute atomic E-state index is 11.5. The van der Waals surface area contributed by atoms with Gasteiger partial charge < -0.3 is 4.90 Å². The third-order valence-corrected chi connectivity index (χ3v) is 5.64. The second kappa shape index (κ2) is 7.00. The number of rotatable bonds is 3. The number of nitrogens with zero attached hydrogens (tertiary/aromatic N) is 4. The van der Waals surface area contributed by atoms with E-state index < -0.39 is 0 Å². The summed E-state index contributed by atoms with van der Waals surface area (Å²) < 4.78 is 1.38. The second-order valence-corrected chi connectivity index (χ2v) is 7.19. The summed E-state index contributed by atoms with van der Waals surface area (Å²) >= 11 is 0. The summed E-state index contributed by atoms with van der Waals surface area (Å²) in [5, 5.41) is 4.32. The summed E-state index contributed by atoms with van der Waals surface area (Å²) in [6, 6.07) is 12.7. The molecule has 0 radical (unpaired) electrons. The van der Waals surface area contributed by atoms with Gasteiger partial charge in [-0.2, -0.15) is 5.10 Å². The van der Waals surface area contributed by atoms with Crippen molar-refractivity contribution in [3.05, 3.63) is 46.8 Å². The Balaban J connectivity index is 1.42. The number of aryl methyl sites for hydroxylation is 1. The maximum atomic E-state index is 11.5. The van der Waals surface area contributed by atoms with E-state index in [2.05, 4.69) is 39.2 Å². The largest absolute Gasteiger partial charge is 0.369 e. The fraction of sp³-hybridized carbons (Fsp3) is 0.500. The van der Waals surface area contributed by atoms with Crippen molar-refractivity contribution in [3.63, 3.8) is 0 Å². The first-order valence-corrected chi connectivity index (χ1v) is 9.34. The van der Waals surface area contributed by atoms with Crippen molar-refractivity contribution < 1.29 is 0 Å². The molecule has 25 heavy (non-hydrogen) atoms. The molecule has 2 aliphatic rings. The molecule has 0 amide bonds. The van der Waals surface area contributed by atoms with Gasteiger partial charge in [0, 0.05) is 56.6 Å². The van der Waals surface area contributed by atoms with Crippen LogP contribution in [0.15, 0.2) is 41.2 Å². The van der Waals surface area contributed by atoms with Crippen molar-refractivity contribution in [2.24, 2.45) is 7.05 Å². The fourth-order valence-electron chi connectivity index (χ4n) is 4.11. The lowest BCUT2D eigenvalue weighted by molar-refractivity contribution is 0.187. The number of hydrogen-bond donors (Lipinski definition) is 0. The Morgan fingerprint density at radius 1 is 0.920 bits per heavy atom. The molecular weight excluding hydrogens is 312 g/mol. The molecule has 0 spiro atoms. The molecule has 1 saturated heterocycles. The van der Waals surface area contributed by atoms with Gasteiger partial charge in [0.25, 0.3) is 5.56 Å². The van der Waals surface area contributed by atoms with E-state index in [1.807, 2.05) is 0 Å². The van der Waals surface area contributed by atoms with Gasteiger partial charge in [0.05, 0.1) is 5.69 Å². The quantitative estimate of drug-likeness (QED) is 0.862. The lowest BCUT2D eigenvalue weighted by atomic mass is 10.1. The van der Waals surface area contributed by atoms with Gasteiger partial charge in [-0.3, -0.25) is 9.69 Å². The van der Waals surface area contributed by atoms with Crippen molar-refractivity contribution in [3.8, 4) is 11.3 Å². The van der Waals surface area contributed by atoms with E-state index in [9.17, 15) is 4.79 Å². The van der Waals surface area contributed by atoms with Crippen molar-refractivity contribution in [1.29, 1.82) is 0 Å². The lowest BCUT2D eigenvalue weighted by Crippen LogP contribution is -2.49. The highest BCUT2D eigenvalue weighted by Gasteiger charge is 2.26. The average molecular weight is 338 g/mol. The minimum atomic E-state index is -0.0829. The molecule has 2 heterocycles. The maximum Gasteiger partial charge on any atom is 0.266 e. The SMILES string of the molecule is Cn1nc(-c2ccc(N3CCN(C4CCCC4)CC3)cc2)ccc1=O. The molecule has 1 aliphatic carbocycles. The first-order valence-electron chi connectivity index (χ1n) is 9.34. The highest BCUT2D eigenvalue weighted by Crippen LogP contribution is 2.26. The molecule has 1 saturated carbocycles. The van der Waals surface area contributed by atoms with Gasteiger partial charge in [0.2, 0.25) is 0 Å². The smallest absolute Gasteiger partial charge is 0.266 e. The fourth-order valence-corrected chi connectivity index (χ4v) is 4.11. The minimum absolute atomic E-state index is 0.0829. The summed E-state index contributed by atoms with van der Waals surface area (Å²) in [5.41, 5.74) is 3.07. The number of anilines is 1. The van der Waals surface area contributed by atoms with E-state index in [0.717, 1.165) is 30.4 Å². The van der Waals surface area contributed by atoms with Crippen LogP contribution in [0.3, 0.4) is 0 Å². The first-order chi connectivity index (χ1) is 12.2. The van der Waals surface area contributed by atoms with E-state index in [4.69, 9.17) is 0 Å². The molecule has 1 aliphatic heterocycles. The Bertz CT molecular complexity index is 769. The molecule has 5 heteroatoms. The molecule has 4 rings (SSSR count). The Morgan fingerprint density at radius 2 is 1.60 bits per heavy atom. The monoisotopic (exact) mass is 338 g/mol. The highest BCUT2D eigenvalue weighted by molar-refractivity contribution is 5.62. The molecule has 2 aromatic rings. The van der Waals surface area contributed by atoms with E-state index in [-0.39, 0.29) is 5.56 Å². The van der Waals surface area contributed by atoms with Crippen LogP contribution >= 0.6 is 0 Å². The van der Waals surface area contributed by atoms with E-state index in [1.54, 1.807) is 19.2 Å². The zero-order chi connectivity index (χ0) is 17.2. The van der Waals surface area contributed by atoms with Crippen LogP contribution in [0.4, 0.5) is 5.69 Å². The van der Waals surface area contributed by atoms with Crippen molar-refractivity contribution in [2.45, 2.75) is 31.7 Å². The first kappa shape index (κ1) is 16.3. The standard InChI is InChI=1S/C20H26N4O/c1-22-20(25)11-10-19(21-22)16-6-8-18(9-7-16)24-14-12-23(13-15-24)17-4-2-3-5-17/h6-11,17H,2-5,12-15H2,1H3. The van der Waals surface area contributed by atoms with Gasteiger partial charge in [0.15, 0.2) is 0 Å². The van der Waals surface area contributed by atoms with E-state index in [0.29, 0.717) is 0 Å². The molecule has 0 unspecified atom stereocenters. The summed E-state index contributed by atoms with van der Waals surface area (Å²) in [6.45, 7) is 4.56. The molecule has 1 aromatic heterocycles. The Labute approximate surface area is 148 Å². The summed E-state index contributed by atoms with van der Waals surface area (Å²) in [4.78, 5) is 16.6. The second-order valence-electron chi connectivity index (χ2n) is 7.19. The number of piperazine rings is 1. The van der Waals surface area contributed by atoms with Crippen LogP contribution in [-0.4, -0.2) is 46.9 Å². The van der Waals surface area contributed by atoms with Crippen molar-refractivity contribution >= 4 is 5.69 Å². The molecule has 0 N–H and O–H groups in total. The van der Waals surface area contributed by atoms with Gasteiger partial charge in [-0.25, -0.2) is 4.68 Å². The molecule has 0 bridgehead atoms. The zero-order valence-corrected chi connectivity index (χ0v) is 14.9. The van der Waals surface area contributed by atoms with Crippen molar-refractivity contribution in [1.82, 2.24) is 14.7 Å². The predicted octanol–water partition coefficient (Wildman–Crippen LogP) is 2.51. The number of benzene rings is 1. The molecule has 1 aromatic carbocycles. The van der Waals surface area contributed by atoms with Crippen LogP contribution in [0.5, 0.6) is 0 Å². The Kier molecular flexibility index (Phi) is 4.57.